The number of carbonyl (C=O) groups is 1. The lowest BCUT2D eigenvalue weighted by molar-refractivity contribution is -0.114. The Kier molecular flexibility index (Phi) is 8.17. The SMILES string of the molecule is O=C(CN(c1ccc(Cl)cc1Cl)S(=O)(=O)c1ccccc1)Nc1ccc(S(=O)(=O)Nc2ncccn2)cc1. The van der Waals surface area contributed by atoms with E-state index in [1.807, 2.05) is 0 Å². The van der Waals surface area contributed by atoms with Crippen LogP contribution in [0.25, 0.3) is 0 Å². The van der Waals surface area contributed by atoms with Crippen LogP contribution in [-0.2, 0) is 24.8 Å². The first-order valence-electron chi connectivity index (χ1n) is 10.8. The lowest BCUT2D eigenvalue weighted by Gasteiger charge is -2.25. The molecule has 4 aromatic rings. The molecule has 0 fully saturated rings. The molecule has 0 saturated heterocycles. The van der Waals surface area contributed by atoms with E-state index < -0.39 is 32.5 Å². The molecular weight excluding hydrogens is 573 g/mol. The number of aromatic nitrogens is 2. The molecule has 0 bridgehead atoms. The normalized spacial score (nSPS) is 11.5. The zero-order valence-electron chi connectivity index (χ0n) is 19.3. The van der Waals surface area contributed by atoms with Crippen LogP contribution in [0.15, 0.2) is 101 Å². The Morgan fingerprint density at radius 1 is 0.816 bits per heavy atom. The van der Waals surface area contributed by atoms with E-state index >= 15 is 0 Å². The van der Waals surface area contributed by atoms with Crippen molar-refractivity contribution >= 4 is 66.5 Å². The van der Waals surface area contributed by atoms with Gasteiger partial charge in [0.05, 0.1) is 20.5 Å². The monoisotopic (exact) mass is 591 g/mol. The minimum atomic E-state index is -4.19. The van der Waals surface area contributed by atoms with Crippen LogP contribution in [0.1, 0.15) is 0 Å². The number of hydrogen-bond donors (Lipinski definition) is 2. The molecule has 1 aromatic heterocycles. The highest BCUT2D eigenvalue weighted by Gasteiger charge is 2.29. The average molecular weight is 592 g/mol. The van der Waals surface area contributed by atoms with Crippen molar-refractivity contribution in [2.24, 2.45) is 0 Å². The largest absolute Gasteiger partial charge is 0.325 e. The lowest BCUT2D eigenvalue weighted by atomic mass is 10.3. The highest BCUT2D eigenvalue weighted by molar-refractivity contribution is 7.93. The fraction of sp³-hybridized carbons (Fsp3) is 0.0417. The Balaban J connectivity index is 1.55. The highest BCUT2D eigenvalue weighted by atomic mass is 35.5. The number of carbonyl (C=O) groups excluding carboxylic acids is 1. The van der Waals surface area contributed by atoms with Crippen molar-refractivity contribution in [2.75, 3.05) is 20.9 Å². The van der Waals surface area contributed by atoms with E-state index in [1.165, 1.54) is 67.0 Å². The molecule has 38 heavy (non-hydrogen) atoms. The number of benzene rings is 3. The molecule has 10 nitrogen and oxygen atoms in total. The van der Waals surface area contributed by atoms with Crippen molar-refractivity contribution in [3.63, 3.8) is 0 Å². The Morgan fingerprint density at radius 2 is 1.47 bits per heavy atom. The first kappa shape index (κ1) is 27.3. The predicted molar refractivity (Wildman–Crippen MR) is 145 cm³/mol. The van der Waals surface area contributed by atoms with Gasteiger partial charge in [-0.25, -0.2) is 31.5 Å². The molecule has 0 aliphatic rings. The van der Waals surface area contributed by atoms with Gasteiger partial charge in [-0.15, -0.1) is 0 Å². The number of nitrogens with zero attached hydrogens (tertiary/aromatic N) is 3. The van der Waals surface area contributed by atoms with Gasteiger partial charge in [0.1, 0.15) is 6.54 Å². The minimum Gasteiger partial charge on any atom is -0.325 e. The number of hydrogen-bond acceptors (Lipinski definition) is 7. The topological polar surface area (TPSA) is 138 Å². The van der Waals surface area contributed by atoms with E-state index in [0.717, 1.165) is 4.31 Å². The number of rotatable bonds is 9. The summed E-state index contributed by atoms with van der Waals surface area (Å²) in [7, 11) is -8.16. The quantitative estimate of drug-likeness (QED) is 0.294. The lowest BCUT2D eigenvalue weighted by Crippen LogP contribution is -2.38. The summed E-state index contributed by atoms with van der Waals surface area (Å²) in [4.78, 5) is 20.5. The third-order valence-electron chi connectivity index (χ3n) is 5.04. The molecule has 1 amide bonds. The van der Waals surface area contributed by atoms with E-state index in [2.05, 4.69) is 20.0 Å². The molecule has 0 atom stereocenters. The van der Waals surface area contributed by atoms with Crippen LogP contribution in [0.5, 0.6) is 0 Å². The van der Waals surface area contributed by atoms with Gasteiger partial charge in [-0.2, -0.15) is 0 Å². The fourth-order valence-corrected chi connectivity index (χ4v) is 6.26. The first-order chi connectivity index (χ1) is 18.1. The summed E-state index contributed by atoms with van der Waals surface area (Å²) in [5.41, 5.74) is 0.301. The minimum absolute atomic E-state index is 0.0364. The second-order valence-electron chi connectivity index (χ2n) is 7.67. The Hall–Kier alpha value is -3.71. The Bertz CT molecular complexity index is 1660. The molecule has 3 aromatic carbocycles. The number of amides is 1. The van der Waals surface area contributed by atoms with E-state index in [0.29, 0.717) is 5.02 Å². The van der Waals surface area contributed by atoms with Crippen molar-refractivity contribution in [3.8, 4) is 0 Å². The molecule has 0 unspecified atom stereocenters. The van der Waals surface area contributed by atoms with Crippen LogP contribution in [0.4, 0.5) is 17.3 Å². The van der Waals surface area contributed by atoms with Gasteiger partial charge >= 0.3 is 0 Å². The highest BCUT2D eigenvalue weighted by Crippen LogP contribution is 2.32. The number of sulfonamides is 2. The molecule has 0 saturated carbocycles. The van der Waals surface area contributed by atoms with E-state index in [9.17, 15) is 21.6 Å². The average Bonchev–Trinajstić information content (AvgIpc) is 2.89. The van der Waals surface area contributed by atoms with Gasteiger partial charge in [0.25, 0.3) is 20.0 Å². The van der Waals surface area contributed by atoms with Crippen LogP contribution < -0.4 is 14.3 Å². The molecule has 0 aliphatic heterocycles. The Labute approximate surface area is 229 Å². The maximum absolute atomic E-state index is 13.4. The Morgan fingerprint density at radius 3 is 2.11 bits per heavy atom. The molecular formula is C24H19Cl2N5O5S2. The van der Waals surface area contributed by atoms with E-state index in [1.54, 1.807) is 24.3 Å². The standard InChI is InChI=1S/C24H19Cl2N5O5S2/c25-17-7-12-22(21(26)15-17)31(38(35,36)20-5-2-1-3-6-20)16-23(32)29-18-8-10-19(11-9-18)37(33,34)30-24-27-13-4-14-28-24/h1-15H,16H2,(H,29,32)(H,27,28,30). The van der Waals surface area contributed by atoms with Crippen molar-refractivity contribution in [1.29, 1.82) is 0 Å². The molecule has 0 aliphatic carbocycles. The van der Waals surface area contributed by atoms with Crippen LogP contribution >= 0.6 is 23.2 Å². The summed E-state index contributed by atoms with van der Waals surface area (Å²) in [5, 5.41) is 2.90. The van der Waals surface area contributed by atoms with Crippen LogP contribution in [-0.4, -0.2) is 39.3 Å². The first-order valence-corrected chi connectivity index (χ1v) is 14.5. The second kappa shape index (κ2) is 11.4. The molecule has 1 heterocycles. The van der Waals surface area contributed by atoms with Crippen molar-refractivity contribution in [1.82, 2.24) is 9.97 Å². The molecule has 0 spiro atoms. The van der Waals surface area contributed by atoms with Crippen molar-refractivity contribution < 1.29 is 21.6 Å². The number of anilines is 3. The van der Waals surface area contributed by atoms with Gasteiger partial charge in [0.2, 0.25) is 11.9 Å². The van der Waals surface area contributed by atoms with E-state index in [4.69, 9.17) is 23.2 Å². The molecule has 196 valence electrons. The summed E-state index contributed by atoms with van der Waals surface area (Å²) in [6.07, 6.45) is 2.78. The summed E-state index contributed by atoms with van der Waals surface area (Å²) in [5.74, 6) is -0.785. The predicted octanol–water partition coefficient (Wildman–Crippen LogP) is 4.42. The van der Waals surface area contributed by atoms with Gasteiger partial charge < -0.3 is 5.32 Å². The van der Waals surface area contributed by atoms with Crippen molar-refractivity contribution in [2.45, 2.75) is 9.79 Å². The zero-order chi connectivity index (χ0) is 27.3. The maximum Gasteiger partial charge on any atom is 0.264 e. The third-order valence-corrected chi connectivity index (χ3v) is 8.69. The van der Waals surface area contributed by atoms with Gasteiger partial charge in [0.15, 0.2) is 0 Å². The van der Waals surface area contributed by atoms with Crippen molar-refractivity contribution in [3.05, 3.63) is 101 Å². The summed E-state index contributed by atoms with van der Waals surface area (Å²) in [6.45, 7) is -0.620. The zero-order valence-corrected chi connectivity index (χ0v) is 22.5. The van der Waals surface area contributed by atoms with E-state index in [-0.39, 0.29) is 32.1 Å². The number of nitrogens with one attached hydrogen (secondary N) is 2. The number of halogens is 2. The molecule has 4 rings (SSSR count). The third kappa shape index (κ3) is 6.40. The molecule has 14 heteroatoms. The second-order valence-corrected chi connectivity index (χ2v) is 12.1. The fourth-order valence-electron chi connectivity index (χ4n) is 3.28. The summed E-state index contributed by atoms with van der Waals surface area (Å²) >= 11 is 12.3. The molecule has 0 radical (unpaired) electrons. The van der Waals surface area contributed by atoms with Crippen LogP contribution in [0.3, 0.4) is 0 Å². The maximum atomic E-state index is 13.4. The van der Waals surface area contributed by atoms with Gasteiger partial charge in [-0.05, 0) is 60.7 Å². The summed E-state index contributed by atoms with van der Waals surface area (Å²) < 4.78 is 55.1. The van der Waals surface area contributed by atoms with Gasteiger partial charge in [-0.3, -0.25) is 9.10 Å². The van der Waals surface area contributed by atoms with Gasteiger partial charge in [-0.1, -0.05) is 41.4 Å². The van der Waals surface area contributed by atoms with Gasteiger partial charge in [0, 0.05) is 23.1 Å². The van der Waals surface area contributed by atoms with Crippen LogP contribution in [0, 0.1) is 0 Å². The van der Waals surface area contributed by atoms with Crippen LogP contribution in [0.2, 0.25) is 10.0 Å². The summed E-state index contributed by atoms with van der Waals surface area (Å²) in [6, 6.07) is 18.6. The smallest absolute Gasteiger partial charge is 0.264 e. The molecule has 2 N–H and O–H groups in total.